The zero-order chi connectivity index (χ0) is 20.6. The van der Waals surface area contributed by atoms with E-state index >= 15 is 0 Å². The molecule has 0 aromatic heterocycles. The van der Waals surface area contributed by atoms with Crippen molar-refractivity contribution in [2.75, 3.05) is 6.54 Å². The average Bonchev–Trinajstić information content (AvgIpc) is 3.23. The molecule has 2 aromatic carbocycles. The van der Waals surface area contributed by atoms with Crippen molar-refractivity contribution in [3.63, 3.8) is 0 Å². The summed E-state index contributed by atoms with van der Waals surface area (Å²) >= 11 is 0. The third kappa shape index (κ3) is 5.57. The molecule has 7 heteroatoms. The average molecular weight is 395 g/mol. The second-order valence-electron chi connectivity index (χ2n) is 6.96. The first-order chi connectivity index (χ1) is 14.0. The topological polar surface area (TPSA) is 98.8 Å². The summed E-state index contributed by atoms with van der Waals surface area (Å²) < 4.78 is 5.23. The van der Waals surface area contributed by atoms with Gasteiger partial charge in [0.2, 0.25) is 5.91 Å². The molecule has 1 aliphatic heterocycles. The van der Waals surface area contributed by atoms with E-state index in [-0.39, 0.29) is 13.0 Å². The van der Waals surface area contributed by atoms with Gasteiger partial charge in [0.05, 0.1) is 12.0 Å². The van der Waals surface area contributed by atoms with E-state index in [9.17, 15) is 19.5 Å². The van der Waals surface area contributed by atoms with Crippen LogP contribution in [-0.2, 0) is 27.4 Å². The Labute approximate surface area is 169 Å². The number of carbonyl (C=O) groups excluding carboxylic acids is 3. The van der Waals surface area contributed by atoms with Crippen LogP contribution in [-0.4, -0.2) is 41.5 Å². The highest BCUT2D eigenvalue weighted by atomic mass is 16.5. The molecule has 1 heterocycles. The van der Waals surface area contributed by atoms with Gasteiger partial charge < -0.3 is 24.9 Å². The Hall–Kier alpha value is -3.35. The monoisotopic (exact) mass is 395 g/mol. The van der Waals surface area contributed by atoms with Crippen molar-refractivity contribution in [3.8, 4) is 0 Å². The number of nitrogens with zero attached hydrogens (tertiary/aromatic N) is 1. The van der Waals surface area contributed by atoms with Gasteiger partial charge in [0.25, 0.3) is 0 Å². The van der Waals surface area contributed by atoms with Gasteiger partial charge >= 0.3 is 6.09 Å². The fourth-order valence-corrected chi connectivity index (χ4v) is 3.43. The largest absolute Gasteiger partial charge is 0.548 e. The predicted molar refractivity (Wildman–Crippen MR) is 103 cm³/mol. The summed E-state index contributed by atoms with van der Waals surface area (Å²) in [6, 6.07) is 16.5. The molecule has 1 N–H and O–H groups in total. The second-order valence-corrected chi connectivity index (χ2v) is 6.96. The molecule has 7 nitrogen and oxygen atoms in total. The zero-order valence-corrected chi connectivity index (χ0v) is 16.0. The van der Waals surface area contributed by atoms with Crippen molar-refractivity contribution in [1.82, 2.24) is 10.2 Å². The number of carboxylic acid groups (broad SMARTS) is 1. The third-order valence-electron chi connectivity index (χ3n) is 4.89. The lowest BCUT2D eigenvalue weighted by Crippen LogP contribution is -2.54. The molecule has 0 spiro atoms. The summed E-state index contributed by atoms with van der Waals surface area (Å²) in [7, 11) is 0. The van der Waals surface area contributed by atoms with E-state index in [1.165, 1.54) is 4.90 Å². The minimum Gasteiger partial charge on any atom is -0.548 e. The fraction of sp³-hybridized carbons (Fsp3) is 0.318. The van der Waals surface area contributed by atoms with Crippen LogP contribution >= 0.6 is 0 Å². The highest BCUT2D eigenvalue weighted by Crippen LogP contribution is 2.19. The van der Waals surface area contributed by atoms with Gasteiger partial charge in [-0.1, -0.05) is 60.7 Å². The van der Waals surface area contributed by atoms with E-state index in [1.807, 2.05) is 60.7 Å². The normalized spacial score (nSPS) is 16.8. The first-order valence-electron chi connectivity index (χ1n) is 9.57. The number of carboxylic acids is 1. The molecule has 1 aliphatic rings. The molecule has 0 radical (unpaired) electrons. The first kappa shape index (κ1) is 20.4. The molecule has 0 aliphatic carbocycles. The number of carbonyl (C=O) groups is 3. The Balaban J connectivity index is 1.69. The molecule has 2 atom stereocenters. The molecule has 0 saturated carbocycles. The Kier molecular flexibility index (Phi) is 6.84. The van der Waals surface area contributed by atoms with Crippen LogP contribution in [0.4, 0.5) is 4.79 Å². The van der Waals surface area contributed by atoms with Gasteiger partial charge in [0.1, 0.15) is 12.6 Å². The summed E-state index contributed by atoms with van der Waals surface area (Å²) in [5.74, 6) is -1.72. The molecule has 0 bridgehead atoms. The van der Waals surface area contributed by atoms with Crippen LogP contribution < -0.4 is 10.4 Å². The minimum atomic E-state index is -1.28. The SMILES string of the molecule is O=C(N[C@@H](Cc1ccccc1)C(=O)N1CCC[C@@H]1C(=O)[O-])OCc1ccccc1. The molecule has 152 valence electrons. The molecule has 29 heavy (non-hydrogen) atoms. The lowest BCUT2D eigenvalue weighted by atomic mass is 10.0. The van der Waals surface area contributed by atoms with Gasteiger partial charge in [0, 0.05) is 13.0 Å². The summed E-state index contributed by atoms with van der Waals surface area (Å²) in [5.41, 5.74) is 1.67. The molecular formula is C22H23N2O5-. The number of amides is 2. The number of alkyl carbamates (subject to hydrolysis) is 1. The van der Waals surface area contributed by atoms with Gasteiger partial charge in [-0.15, -0.1) is 0 Å². The maximum absolute atomic E-state index is 13.0. The second kappa shape index (κ2) is 9.73. The van der Waals surface area contributed by atoms with Crippen LogP contribution in [0.3, 0.4) is 0 Å². The minimum absolute atomic E-state index is 0.0737. The van der Waals surface area contributed by atoms with E-state index in [0.717, 1.165) is 11.1 Å². The van der Waals surface area contributed by atoms with Crippen molar-refractivity contribution in [2.45, 2.75) is 38.0 Å². The van der Waals surface area contributed by atoms with Crippen LogP contribution in [0.5, 0.6) is 0 Å². The van der Waals surface area contributed by atoms with Gasteiger partial charge in [-0.05, 0) is 24.0 Å². The fourth-order valence-electron chi connectivity index (χ4n) is 3.43. The van der Waals surface area contributed by atoms with Crippen LogP contribution in [0.2, 0.25) is 0 Å². The number of likely N-dealkylation sites (tertiary alicyclic amines) is 1. The Morgan fingerprint density at radius 1 is 1.03 bits per heavy atom. The van der Waals surface area contributed by atoms with Crippen molar-refractivity contribution >= 4 is 18.0 Å². The van der Waals surface area contributed by atoms with E-state index in [2.05, 4.69) is 5.32 Å². The van der Waals surface area contributed by atoms with Crippen LogP contribution in [0.25, 0.3) is 0 Å². The van der Waals surface area contributed by atoms with Gasteiger partial charge in [-0.2, -0.15) is 0 Å². The standard InChI is InChI=1S/C22H24N2O5/c25-20(24-13-7-12-19(24)21(26)27)18(14-16-8-3-1-4-9-16)23-22(28)29-15-17-10-5-2-6-11-17/h1-6,8-11,18-19H,7,12-15H2,(H,23,28)(H,26,27)/p-1/t18-,19+/m0/s1. The molecule has 2 amide bonds. The molecular weight excluding hydrogens is 372 g/mol. The van der Waals surface area contributed by atoms with E-state index < -0.39 is 30.1 Å². The number of nitrogens with one attached hydrogen (secondary N) is 1. The van der Waals surface area contributed by atoms with Crippen molar-refractivity contribution in [1.29, 1.82) is 0 Å². The van der Waals surface area contributed by atoms with Gasteiger partial charge in [-0.3, -0.25) is 4.79 Å². The Morgan fingerprint density at radius 2 is 1.66 bits per heavy atom. The van der Waals surface area contributed by atoms with Gasteiger partial charge in [-0.25, -0.2) is 4.79 Å². The maximum Gasteiger partial charge on any atom is 0.408 e. The highest BCUT2D eigenvalue weighted by Gasteiger charge is 2.34. The molecule has 1 fully saturated rings. The van der Waals surface area contributed by atoms with E-state index in [4.69, 9.17) is 4.74 Å². The Bertz CT molecular complexity index is 841. The smallest absolute Gasteiger partial charge is 0.408 e. The number of hydrogen-bond donors (Lipinski definition) is 1. The highest BCUT2D eigenvalue weighted by molar-refractivity contribution is 5.89. The van der Waals surface area contributed by atoms with E-state index in [0.29, 0.717) is 19.4 Å². The first-order valence-corrected chi connectivity index (χ1v) is 9.57. The predicted octanol–water partition coefficient (Wildman–Crippen LogP) is 1.26. The number of hydrogen-bond acceptors (Lipinski definition) is 5. The molecule has 0 unspecified atom stereocenters. The third-order valence-corrected chi connectivity index (χ3v) is 4.89. The summed E-state index contributed by atoms with van der Waals surface area (Å²) in [5, 5.41) is 14.0. The molecule has 2 aromatic rings. The molecule has 1 saturated heterocycles. The van der Waals surface area contributed by atoms with Crippen LogP contribution in [0, 0.1) is 0 Å². The molecule has 3 rings (SSSR count). The Morgan fingerprint density at radius 3 is 2.28 bits per heavy atom. The maximum atomic E-state index is 13.0. The van der Waals surface area contributed by atoms with Crippen molar-refractivity contribution in [2.24, 2.45) is 0 Å². The van der Waals surface area contributed by atoms with E-state index in [1.54, 1.807) is 0 Å². The quantitative estimate of drug-likeness (QED) is 0.761. The number of ether oxygens (including phenoxy) is 1. The number of aliphatic carboxylic acids is 1. The number of rotatable bonds is 7. The lowest BCUT2D eigenvalue weighted by Gasteiger charge is -2.29. The summed E-state index contributed by atoms with van der Waals surface area (Å²) in [6.07, 6.45) is 0.439. The summed E-state index contributed by atoms with van der Waals surface area (Å²) in [4.78, 5) is 38.0. The summed E-state index contributed by atoms with van der Waals surface area (Å²) in [6.45, 7) is 0.397. The van der Waals surface area contributed by atoms with Crippen molar-refractivity contribution in [3.05, 3.63) is 71.8 Å². The van der Waals surface area contributed by atoms with Crippen molar-refractivity contribution < 1.29 is 24.2 Å². The zero-order valence-electron chi connectivity index (χ0n) is 16.0. The van der Waals surface area contributed by atoms with Crippen LogP contribution in [0.15, 0.2) is 60.7 Å². The number of benzene rings is 2. The lowest BCUT2D eigenvalue weighted by molar-refractivity contribution is -0.310. The van der Waals surface area contributed by atoms with Gasteiger partial charge in [0.15, 0.2) is 0 Å². The van der Waals surface area contributed by atoms with Crippen LogP contribution in [0.1, 0.15) is 24.0 Å².